The molecule has 0 radical (unpaired) electrons. The molecule has 3 nitrogen and oxygen atoms in total. The predicted molar refractivity (Wildman–Crippen MR) is 68.4 cm³/mol. The van der Waals surface area contributed by atoms with Crippen molar-refractivity contribution in [2.75, 3.05) is 18.0 Å². The molecule has 0 unspecified atom stereocenters. The summed E-state index contributed by atoms with van der Waals surface area (Å²) in [6, 6.07) is 4.96. The molecule has 2 rings (SSSR count). The second-order valence-electron chi connectivity index (χ2n) is 4.71. The monoisotopic (exact) mass is 251 g/mol. The number of carboxylic acid groups (broad SMARTS) is 1. The maximum atomic E-state index is 13.2. The SMILES string of the molecule is O=C(O)CCCCCN1CCc2ccc(F)cc21. The van der Waals surface area contributed by atoms with Crippen LogP contribution in [-0.2, 0) is 11.2 Å². The minimum atomic E-state index is -0.733. The number of aliphatic carboxylic acids is 1. The lowest BCUT2D eigenvalue weighted by atomic mass is 10.1. The zero-order valence-electron chi connectivity index (χ0n) is 10.4. The van der Waals surface area contributed by atoms with E-state index < -0.39 is 5.97 Å². The van der Waals surface area contributed by atoms with Gasteiger partial charge in [0, 0.05) is 25.2 Å². The highest BCUT2D eigenvalue weighted by Crippen LogP contribution is 2.28. The molecule has 0 amide bonds. The van der Waals surface area contributed by atoms with Crippen LogP contribution in [0.5, 0.6) is 0 Å². The highest BCUT2D eigenvalue weighted by Gasteiger charge is 2.18. The maximum absolute atomic E-state index is 13.2. The van der Waals surface area contributed by atoms with E-state index in [-0.39, 0.29) is 12.2 Å². The molecule has 0 aromatic heterocycles. The van der Waals surface area contributed by atoms with Gasteiger partial charge in [-0.3, -0.25) is 4.79 Å². The third kappa shape index (κ3) is 3.22. The zero-order chi connectivity index (χ0) is 13.0. The van der Waals surface area contributed by atoms with Crippen LogP contribution in [0.3, 0.4) is 0 Å². The van der Waals surface area contributed by atoms with E-state index in [9.17, 15) is 9.18 Å². The minimum absolute atomic E-state index is 0.188. The number of hydrogen-bond acceptors (Lipinski definition) is 2. The Labute approximate surface area is 106 Å². The Morgan fingerprint density at radius 3 is 2.94 bits per heavy atom. The van der Waals surface area contributed by atoms with Gasteiger partial charge >= 0.3 is 5.97 Å². The predicted octanol–water partition coefficient (Wildman–Crippen LogP) is 2.83. The molecular formula is C14H18FNO2. The number of unbranched alkanes of at least 4 members (excludes halogenated alkanes) is 2. The molecule has 0 atom stereocenters. The molecule has 4 heteroatoms. The fourth-order valence-electron chi connectivity index (χ4n) is 2.41. The summed E-state index contributed by atoms with van der Waals surface area (Å²) in [6.07, 6.45) is 3.81. The minimum Gasteiger partial charge on any atom is -0.481 e. The van der Waals surface area contributed by atoms with Crippen molar-refractivity contribution in [2.24, 2.45) is 0 Å². The first-order valence-corrected chi connectivity index (χ1v) is 6.42. The lowest BCUT2D eigenvalue weighted by Crippen LogP contribution is -2.21. The molecule has 0 saturated heterocycles. The van der Waals surface area contributed by atoms with Crippen LogP contribution in [0, 0.1) is 5.82 Å². The van der Waals surface area contributed by atoms with E-state index in [0.29, 0.717) is 0 Å². The van der Waals surface area contributed by atoms with Gasteiger partial charge in [0.25, 0.3) is 0 Å². The highest BCUT2D eigenvalue weighted by atomic mass is 19.1. The highest BCUT2D eigenvalue weighted by molar-refractivity contribution is 5.66. The van der Waals surface area contributed by atoms with Crippen molar-refractivity contribution in [3.05, 3.63) is 29.6 Å². The average molecular weight is 251 g/mol. The lowest BCUT2D eigenvalue weighted by Gasteiger charge is -2.19. The first-order chi connectivity index (χ1) is 8.66. The molecule has 0 saturated carbocycles. The van der Waals surface area contributed by atoms with Gasteiger partial charge < -0.3 is 10.0 Å². The van der Waals surface area contributed by atoms with Crippen LogP contribution in [0.4, 0.5) is 10.1 Å². The summed E-state index contributed by atoms with van der Waals surface area (Å²) in [5, 5.41) is 8.53. The number of anilines is 1. The van der Waals surface area contributed by atoms with Crippen LogP contribution >= 0.6 is 0 Å². The summed E-state index contributed by atoms with van der Waals surface area (Å²) in [5.74, 6) is -0.921. The quantitative estimate of drug-likeness (QED) is 0.790. The number of carbonyl (C=O) groups is 1. The molecule has 0 fully saturated rings. The topological polar surface area (TPSA) is 40.5 Å². The Morgan fingerprint density at radius 1 is 1.33 bits per heavy atom. The van der Waals surface area contributed by atoms with Crippen molar-refractivity contribution in [3.8, 4) is 0 Å². The van der Waals surface area contributed by atoms with Crippen molar-refractivity contribution in [1.29, 1.82) is 0 Å². The van der Waals surface area contributed by atoms with Crippen molar-refractivity contribution < 1.29 is 14.3 Å². The van der Waals surface area contributed by atoms with E-state index in [2.05, 4.69) is 4.90 Å². The Kier molecular flexibility index (Phi) is 4.18. The van der Waals surface area contributed by atoms with Gasteiger partial charge in [0.05, 0.1) is 0 Å². The molecule has 1 heterocycles. The second kappa shape index (κ2) is 5.85. The summed E-state index contributed by atoms with van der Waals surface area (Å²) in [5.41, 5.74) is 2.22. The van der Waals surface area contributed by atoms with E-state index in [1.807, 2.05) is 6.07 Å². The van der Waals surface area contributed by atoms with Gasteiger partial charge in [-0.2, -0.15) is 0 Å². The van der Waals surface area contributed by atoms with E-state index in [1.54, 1.807) is 6.07 Å². The number of fused-ring (bicyclic) bond motifs is 1. The fraction of sp³-hybridized carbons (Fsp3) is 0.500. The van der Waals surface area contributed by atoms with Crippen molar-refractivity contribution in [3.63, 3.8) is 0 Å². The number of nitrogens with zero attached hydrogens (tertiary/aromatic N) is 1. The van der Waals surface area contributed by atoms with Crippen LogP contribution in [0.15, 0.2) is 18.2 Å². The van der Waals surface area contributed by atoms with Gasteiger partial charge in [-0.25, -0.2) is 4.39 Å². The van der Waals surface area contributed by atoms with Crippen LogP contribution in [0.1, 0.15) is 31.2 Å². The van der Waals surface area contributed by atoms with Gasteiger partial charge in [0.15, 0.2) is 0 Å². The van der Waals surface area contributed by atoms with Crippen molar-refractivity contribution in [2.45, 2.75) is 32.1 Å². The summed E-state index contributed by atoms with van der Waals surface area (Å²) >= 11 is 0. The van der Waals surface area contributed by atoms with Crippen molar-refractivity contribution >= 4 is 11.7 Å². The maximum Gasteiger partial charge on any atom is 0.303 e. The van der Waals surface area contributed by atoms with Gasteiger partial charge in [-0.05, 0) is 37.0 Å². The number of halogens is 1. The molecule has 0 aliphatic carbocycles. The molecule has 1 aliphatic heterocycles. The lowest BCUT2D eigenvalue weighted by molar-refractivity contribution is -0.137. The van der Waals surface area contributed by atoms with Gasteiger partial charge in [0.2, 0.25) is 0 Å². The number of benzene rings is 1. The van der Waals surface area contributed by atoms with Gasteiger partial charge in [0.1, 0.15) is 5.82 Å². The summed E-state index contributed by atoms with van der Waals surface area (Å²) in [7, 11) is 0. The average Bonchev–Trinajstić information content (AvgIpc) is 2.71. The standard InChI is InChI=1S/C14H18FNO2/c15-12-6-5-11-7-9-16(13(11)10-12)8-3-1-2-4-14(17)18/h5-6,10H,1-4,7-9H2,(H,17,18). The van der Waals surface area contributed by atoms with E-state index in [4.69, 9.17) is 5.11 Å². The Morgan fingerprint density at radius 2 is 2.17 bits per heavy atom. The van der Waals surface area contributed by atoms with E-state index in [0.717, 1.165) is 44.5 Å². The molecule has 1 N–H and O–H groups in total. The third-order valence-electron chi connectivity index (χ3n) is 3.36. The second-order valence-corrected chi connectivity index (χ2v) is 4.71. The van der Waals surface area contributed by atoms with E-state index >= 15 is 0 Å². The van der Waals surface area contributed by atoms with Crippen LogP contribution in [0.25, 0.3) is 0 Å². The Balaban J connectivity index is 1.79. The molecule has 0 spiro atoms. The number of rotatable bonds is 6. The van der Waals surface area contributed by atoms with Crippen LogP contribution in [-0.4, -0.2) is 24.2 Å². The van der Waals surface area contributed by atoms with Crippen LogP contribution < -0.4 is 4.90 Å². The van der Waals surface area contributed by atoms with Gasteiger partial charge in [-0.1, -0.05) is 12.5 Å². The first kappa shape index (κ1) is 12.9. The Bertz CT molecular complexity index is 434. The fourth-order valence-corrected chi connectivity index (χ4v) is 2.41. The molecular weight excluding hydrogens is 233 g/mol. The number of hydrogen-bond donors (Lipinski definition) is 1. The molecule has 1 aromatic rings. The molecule has 98 valence electrons. The molecule has 0 bridgehead atoms. The van der Waals surface area contributed by atoms with E-state index in [1.165, 1.54) is 11.6 Å². The zero-order valence-corrected chi connectivity index (χ0v) is 10.4. The van der Waals surface area contributed by atoms with Gasteiger partial charge in [-0.15, -0.1) is 0 Å². The van der Waals surface area contributed by atoms with Crippen LogP contribution in [0.2, 0.25) is 0 Å². The largest absolute Gasteiger partial charge is 0.481 e. The Hall–Kier alpha value is -1.58. The molecule has 1 aliphatic rings. The summed E-state index contributed by atoms with van der Waals surface area (Å²) in [6.45, 7) is 1.83. The normalized spacial score (nSPS) is 13.7. The molecule has 18 heavy (non-hydrogen) atoms. The number of carboxylic acids is 1. The van der Waals surface area contributed by atoms with Crippen molar-refractivity contribution in [1.82, 2.24) is 0 Å². The first-order valence-electron chi connectivity index (χ1n) is 6.42. The smallest absolute Gasteiger partial charge is 0.303 e. The molecule has 1 aromatic carbocycles. The third-order valence-corrected chi connectivity index (χ3v) is 3.36. The summed E-state index contributed by atoms with van der Waals surface area (Å²) < 4.78 is 13.2. The summed E-state index contributed by atoms with van der Waals surface area (Å²) in [4.78, 5) is 12.6.